The lowest BCUT2D eigenvalue weighted by molar-refractivity contribution is 1.74. The molecule has 1 aromatic heterocycles. The molecule has 0 saturated heterocycles. The van der Waals surface area contributed by atoms with Crippen molar-refractivity contribution in [2.45, 2.75) is 0 Å². The van der Waals surface area contributed by atoms with Crippen LogP contribution < -0.4 is 0 Å². The summed E-state index contributed by atoms with van der Waals surface area (Å²) >= 11 is 0. The summed E-state index contributed by atoms with van der Waals surface area (Å²) in [6.07, 6.45) is 0. The number of rotatable bonds is 1. The van der Waals surface area contributed by atoms with Crippen LogP contribution in [0.15, 0.2) is 103 Å². The molecule has 6 rings (SSSR count). The molecule has 6 aromatic rings. The van der Waals surface area contributed by atoms with Gasteiger partial charge < -0.3 is 0 Å². The predicted octanol–water partition coefficient (Wildman–Crippen LogP) is 8.55. The van der Waals surface area contributed by atoms with E-state index in [0.717, 1.165) is 0 Å². The van der Waals surface area contributed by atoms with Crippen molar-refractivity contribution in [3.63, 3.8) is 0 Å². The summed E-state index contributed by atoms with van der Waals surface area (Å²) in [5.74, 6) is 4.48. The molecule has 130 valence electrons. The third kappa shape index (κ3) is 2.43. The van der Waals surface area contributed by atoms with Crippen molar-refractivity contribution in [2.24, 2.45) is 0 Å². The summed E-state index contributed by atoms with van der Waals surface area (Å²) < 4.78 is 0. The third-order valence-corrected chi connectivity index (χ3v) is 6.43. The molecule has 0 atom stereocenters. The Hall–Kier alpha value is -3.21. The SMILES string of the molecule is c1cpcc(-c2cc3cc4ccccc4cc3c3cc4ccccc4cc23)c1. The second-order valence-electron chi connectivity index (χ2n) is 7.33. The minimum atomic E-state index is 1.25. The van der Waals surface area contributed by atoms with E-state index in [9.17, 15) is 0 Å². The Morgan fingerprint density at radius 3 is 1.71 bits per heavy atom. The van der Waals surface area contributed by atoms with E-state index in [1.54, 1.807) is 0 Å². The molecule has 0 unspecified atom stereocenters. The van der Waals surface area contributed by atoms with Gasteiger partial charge in [-0.05, 0) is 96.1 Å². The quantitative estimate of drug-likeness (QED) is 0.200. The molecule has 0 radical (unpaired) electrons. The lowest BCUT2D eigenvalue weighted by Crippen LogP contribution is -1.86. The highest BCUT2D eigenvalue weighted by Gasteiger charge is 2.11. The molecular formula is C27H17P. The molecule has 0 aliphatic rings. The largest absolute Gasteiger partial charge is 0.0758 e. The van der Waals surface area contributed by atoms with Crippen molar-refractivity contribution >= 4 is 51.3 Å². The average Bonchev–Trinajstić information content (AvgIpc) is 2.76. The van der Waals surface area contributed by atoms with E-state index < -0.39 is 0 Å². The summed E-state index contributed by atoms with van der Waals surface area (Å²) in [5.41, 5.74) is 2.62. The Morgan fingerprint density at radius 1 is 0.464 bits per heavy atom. The van der Waals surface area contributed by atoms with Gasteiger partial charge in [-0.2, -0.15) is 0 Å². The molecule has 0 aliphatic heterocycles. The molecule has 1 heterocycles. The van der Waals surface area contributed by atoms with Crippen LogP contribution in [0, 0.1) is 0 Å². The Bertz CT molecular complexity index is 1500. The van der Waals surface area contributed by atoms with Gasteiger partial charge in [0, 0.05) is 0 Å². The van der Waals surface area contributed by atoms with Crippen molar-refractivity contribution in [1.82, 2.24) is 0 Å². The Balaban J connectivity index is 1.85. The van der Waals surface area contributed by atoms with Crippen LogP contribution in [0.4, 0.5) is 0 Å². The maximum Gasteiger partial charge on any atom is -0.00924 e. The Morgan fingerprint density at radius 2 is 1.07 bits per heavy atom. The van der Waals surface area contributed by atoms with Gasteiger partial charge in [-0.25, -0.2) is 0 Å². The third-order valence-electron chi connectivity index (χ3n) is 5.66. The van der Waals surface area contributed by atoms with Gasteiger partial charge in [-0.3, -0.25) is 0 Å². The molecule has 0 saturated carbocycles. The first kappa shape index (κ1) is 15.8. The van der Waals surface area contributed by atoms with E-state index in [2.05, 4.69) is 103 Å². The van der Waals surface area contributed by atoms with Crippen LogP contribution in [-0.2, 0) is 0 Å². The molecule has 5 aromatic carbocycles. The van der Waals surface area contributed by atoms with Crippen LogP contribution in [0.3, 0.4) is 0 Å². The van der Waals surface area contributed by atoms with E-state index >= 15 is 0 Å². The van der Waals surface area contributed by atoms with Crippen molar-refractivity contribution in [2.75, 3.05) is 0 Å². The van der Waals surface area contributed by atoms with Crippen LogP contribution in [0.25, 0.3) is 54.2 Å². The first-order chi connectivity index (χ1) is 13.9. The summed E-state index contributed by atoms with van der Waals surface area (Å²) in [7, 11) is 1.25. The fourth-order valence-electron chi connectivity index (χ4n) is 4.29. The van der Waals surface area contributed by atoms with Gasteiger partial charge in [-0.15, -0.1) is 0 Å². The van der Waals surface area contributed by atoms with E-state index in [-0.39, 0.29) is 0 Å². The zero-order valence-corrected chi connectivity index (χ0v) is 16.2. The maximum atomic E-state index is 2.37. The molecule has 28 heavy (non-hydrogen) atoms. The summed E-state index contributed by atoms with van der Waals surface area (Å²) in [6, 6.07) is 33.5. The second kappa shape index (κ2) is 6.16. The fraction of sp³-hybridized carbons (Fsp3) is 0. The zero-order chi connectivity index (χ0) is 18.5. The first-order valence-electron chi connectivity index (χ1n) is 9.55. The number of hydrogen-bond donors (Lipinski definition) is 0. The van der Waals surface area contributed by atoms with Crippen LogP contribution in [0.1, 0.15) is 0 Å². The predicted molar refractivity (Wildman–Crippen MR) is 124 cm³/mol. The second-order valence-corrected chi connectivity index (χ2v) is 8.19. The van der Waals surface area contributed by atoms with Crippen molar-refractivity contribution in [3.05, 3.63) is 103 Å². The van der Waals surface area contributed by atoms with Gasteiger partial charge in [0.15, 0.2) is 0 Å². The summed E-state index contributed by atoms with van der Waals surface area (Å²) in [6.45, 7) is 0. The average molecular weight is 372 g/mol. The molecule has 0 spiro atoms. The van der Waals surface area contributed by atoms with E-state index in [1.165, 1.54) is 62.4 Å². The monoisotopic (exact) mass is 372 g/mol. The zero-order valence-electron chi connectivity index (χ0n) is 15.3. The summed E-state index contributed by atoms with van der Waals surface area (Å²) in [4.78, 5) is 0. The van der Waals surface area contributed by atoms with Crippen LogP contribution >= 0.6 is 8.19 Å². The fourth-order valence-corrected chi connectivity index (χ4v) is 4.95. The minimum Gasteiger partial charge on any atom is -0.0758 e. The molecule has 0 N–H and O–H groups in total. The highest BCUT2D eigenvalue weighted by atomic mass is 31.0. The molecule has 0 bridgehead atoms. The highest BCUT2D eigenvalue weighted by Crippen LogP contribution is 2.39. The molecule has 1 heteroatoms. The van der Waals surface area contributed by atoms with Gasteiger partial charge in [0.2, 0.25) is 0 Å². The van der Waals surface area contributed by atoms with E-state index in [4.69, 9.17) is 0 Å². The van der Waals surface area contributed by atoms with Gasteiger partial charge >= 0.3 is 0 Å². The van der Waals surface area contributed by atoms with E-state index in [1.807, 2.05) is 0 Å². The molecule has 0 fully saturated rings. The first-order valence-corrected chi connectivity index (χ1v) is 10.6. The number of benzene rings is 5. The van der Waals surface area contributed by atoms with Crippen LogP contribution in [0.2, 0.25) is 0 Å². The van der Waals surface area contributed by atoms with Gasteiger partial charge in [0.05, 0.1) is 0 Å². The van der Waals surface area contributed by atoms with Crippen molar-refractivity contribution in [3.8, 4) is 11.1 Å². The standard InChI is InChI=1S/C27H17P/c1-2-7-19-13-25-23(12-18(19)6-1)16-24(22-10-5-11-28-17-22)26-14-20-8-3-4-9-21(20)15-27(25)26/h1-17H. The lowest BCUT2D eigenvalue weighted by Gasteiger charge is -2.13. The van der Waals surface area contributed by atoms with Crippen molar-refractivity contribution < 1.29 is 0 Å². The molecule has 0 aliphatic carbocycles. The van der Waals surface area contributed by atoms with Crippen LogP contribution in [0.5, 0.6) is 0 Å². The Kier molecular flexibility index (Phi) is 3.48. The minimum absolute atomic E-state index is 1.25. The topological polar surface area (TPSA) is 0 Å². The van der Waals surface area contributed by atoms with Crippen LogP contribution in [-0.4, -0.2) is 0 Å². The molecular weight excluding hydrogens is 355 g/mol. The smallest absolute Gasteiger partial charge is 0.00924 e. The van der Waals surface area contributed by atoms with Gasteiger partial charge in [0.25, 0.3) is 0 Å². The highest BCUT2D eigenvalue weighted by molar-refractivity contribution is 7.28. The lowest BCUT2D eigenvalue weighted by atomic mass is 9.91. The molecule has 0 nitrogen and oxygen atoms in total. The number of hydrogen-bond acceptors (Lipinski definition) is 0. The summed E-state index contributed by atoms with van der Waals surface area (Å²) in [5, 5.41) is 10.5. The van der Waals surface area contributed by atoms with Crippen molar-refractivity contribution in [1.29, 1.82) is 0 Å². The van der Waals surface area contributed by atoms with Gasteiger partial charge in [-0.1, -0.05) is 68.9 Å². The van der Waals surface area contributed by atoms with E-state index in [0.29, 0.717) is 0 Å². The number of fused-ring (bicyclic) bond motifs is 5. The maximum absolute atomic E-state index is 2.37. The van der Waals surface area contributed by atoms with Gasteiger partial charge in [0.1, 0.15) is 0 Å². The Labute approximate surface area is 165 Å². The normalized spacial score (nSPS) is 11.9. The molecule has 0 amide bonds.